The number of nitrogens with zero attached hydrogens (tertiary/aromatic N) is 2. The van der Waals surface area contributed by atoms with Crippen LogP contribution in [0.4, 0.5) is 5.69 Å². The number of aliphatic imine (C=N–C) groups is 1. The number of hydrogen-bond acceptors (Lipinski definition) is 3. The summed E-state index contributed by atoms with van der Waals surface area (Å²) in [6.45, 7) is 0. The number of fused-ring (bicyclic) bond motifs is 1. The molecular formula is C17H13BrClN3O. The fourth-order valence-corrected chi connectivity index (χ4v) is 3.05. The average molecular weight is 391 g/mol. The van der Waals surface area contributed by atoms with Crippen molar-refractivity contribution >= 4 is 44.8 Å². The second kappa shape index (κ2) is 6.18. The molecule has 4 nitrogen and oxygen atoms in total. The zero-order chi connectivity index (χ0) is 16.6. The Morgan fingerprint density at radius 1 is 1.22 bits per heavy atom. The van der Waals surface area contributed by atoms with E-state index >= 15 is 0 Å². The summed E-state index contributed by atoms with van der Waals surface area (Å²) in [7, 11) is 1.70. The molecule has 1 aliphatic rings. The normalized spacial score (nSPS) is 16.1. The highest BCUT2D eigenvalue weighted by atomic mass is 79.9. The van der Waals surface area contributed by atoms with Crippen molar-refractivity contribution in [1.82, 2.24) is 0 Å². The number of halogens is 2. The van der Waals surface area contributed by atoms with Crippen molar-refractivity contribution in [2.45, 2.75) is 0 Å². The highest BCUT2D eigenvalue weighted by Crippen LogP contribution is 2.32. The molecule has 2 aromatic carbocycles. The lowest BCUT2D eigenvalue weighted by atomic mass is 10.0. The van der Waals surface area contributed by atoms with Gasteiger partial charge in [-0.15, -0.1) is 0 Å². The van der Waals surface area contributed by atoms with Gasteiger partial charge in [-0.25, -0.2) is 4.99 Å². The monoisotopic (exact) mass is 389 g/mol. The zero-order valence-electron chi connectivity index (χ0n) is 12.3. The van der Waals surface area contributed by atoms with E-state index in [1.165, 1.54) is 11.1 Å². The number of nitrogens with two attached hydrogens (primary N) is 1. The van der Waals surface area contributed by atoms with E-state index in [1.54, 1.807) is 13.1 Å². The molecule has 23 heavy (non-hydrogen) atoms. The molecule has 0 aliphatic carbocycles. The van der Waals surface area contributed by atoms with Gasteiger partial charge in [0, 0.05) is 33.9 Å². The van der Waals surface area contributed by atoms with Gasteiger partial charge in [0.05, 0.1) is 11.4 Å². The van der Waals surface area contributed by atoms with Crippen molar-refractivity contribution in [3.05, 3.63) is 75.0 Å². The topological polar surface area (TPSA) is 58.7 Å². The third-order valence-electron chi connectivity index (χ3n) is 3.62. The van der Waals surface area contributed by atoms with Crippen LogP contribution in [0.1, 0.15) is 11.1 Å². The number of anilines is 1. The maximum atomic E-state index is 12.5. The van der Waals surface area contributed by atoms with Gasteiger partial charge in [-0.3, -0.25) is 4.79 Å². The van der Waals surface area contributed by atoms with E-state index < -0.39 is 0 Å². The van der Waals surface area contributed by atoms with Gasteiger partial charge < -0.3 is 10.6 Å². The van der Waals surface area contributed by atoms with Gasteiger partial charge in [-0.2, -0.15) is 0 Å². The van der Waals surface area contributed by atoms with E-state index in [9.17, 15) is 4.79 Å². The average Bonchev–Trinajstić information content (AvgIpc) is 2.65. The Balaban J connectivity index is 2.36. The third kappa shape index (κ3) is 2.78. The van der Waals surface area contributed by atoms with Crippen LogP contribution in [-0.4, -0.2) is 18.7 Å². The van der Waals surface area contributed by atoms with Gasteiger partial charge in [-0.1, -0.05) is 45.7 Å². The molecule has 2 N–H and O–H groups in total. The first-order valence-electron chi connectivity index (χ1n) is 6.86. The number of benzodiazepines with no additional fused rings is 1. The molecule has 0 atom stereocenters. The first-order valence-corrected chi connectivity index (χ1v) is 8.03. The highest BCUT2D eigenvalue weighted by molar-refractivity contribution is 9.10. The number of likely N-dealkylation sites (N-methyl/N-ethyl adjacent to an activating group) is 1. The van der Waals surface area contributed by atoms with Crippen LogP contribution in [0.15, 0.2) is 63.8 Å². The Kier molecular flexibility index (Phi) is 4.24. The first-order chi connectivity index (χ1) is 11.0. The predicted octanol–water partition coefficient (Wildman–Crippen LogP) is 3.72. The number of rotatable bonds is 1. The summed E-state index contributed by atoms with van der Waals surface area (Å²) in [4.78, 5) is 18.5. The number of carbonyl (C=O) groups excluding carboxylic acids is 1. The SMILES string of the molecule is CN1C(=O)C(=CN)N=C(c2ccccc2Cl)c2cc(Br)ccc21. The van der Waals surface area contributed by atoms with E-state index in [0.29, 0.717) is 10.7 Å². The standard InChI is InChI=1S/C17H13BrClN3O/c1-22-15-7-6-10(18)8-12(15)16(21-14(9-20)17(22)23)11-4-2-3-5-13(11)19/h2-9H,20H2,1H3. The summed E-state index contributed by atoms with van der Waals surface area (Å²) < 4.78 is 0.886. The van der Waals surface area contributed by atoms with E-state index in [-0.39, 0.29) is 11.6 Å². The molecule has 0 bridgehead atoms. The van der Waals surface area contributed by atoms with Crippen molar-refractivity contribution in [3.63, 3.8) is 0 Å². The minimum Gasteiger partial charge on any atom is -0.403 e. The largest absolute Gasteiger partial charge is 0.403 e. The molecule has 6 heteroatoms. The number of hydrogen-bond donors (Lipinski definition) is 1. The summed E-state index contributed by atoms with van der Waals surface area (Å²) in [6, 6.07) is 13.1. The van der Waals surface area contributed by atoms with Crippen LogP contribution >= 0.6 is 27.5 Å². The Morgan fingerprint density at radius 3 is 2.65 bits per heavy atom. The molecule has 0 saturated heterocycles. The van der Waals surface area contributed by atoms with E-state index in [1.807, 2.05) is 36.4 Å². The van der Waals surface area contributed by atoms with Gasteiger partial charge in [-0.05, 0) is 24.3 Å². The molecule has 0 saturated carbocycles. The molecule has 0 fully saturated rings. The summed E-state index contributed by atoms with van der Waals surface area (Å²) in [5, 5.41) is 0.561. The quantitative estimate of drug-likeness (QED) is 0.755. The molecule has 1 aliphatic heterocycles. The first kappa shape index (κ1) is 15.8. The fourth-order valence-electron chi connectivity index (χ4n) is 2.47. The fraction of sp³-hybridized carbons (Fsp3) is 0.0588. The van der Waals surface area contributed by atoms with Crippen LogP contribution in [0.2, 0.25) is 5.02 Å². The summed E-state index contributed by atoms with van der Waals surface area (Å²) in [6.07, 6.45) is 1.22. The Bertz CT molecular complexity index is 861. The second-order valence-electron chi connectivity index (χ2n) is 5.02. The lowest BCUT2D eigenvalue weighted by molar-refractivity contribution is -0.114. The van der Waals surface area contributed by atoms with Crippen LogP contribution in [0.5, 0.6) is 0 Å². The zero-order valence-corrected chi connectivity index (χ0v) is 14.6. The smallest absolute Gasteiger partial charge is 0.278 e. The lowest BCUT2D eigenvalue weighted by Gasteiger charge is -2.18. The molecule has 3 rings (SSSR count). The Labute approximate surface area is 147 Å². The van der Waals surface area contributed by atoms with E-state index in [0.717, 1.165) is 21.3 Å². The molecule has 0 radical (unpaired) electrons. The number of carbonyl (C=O) groups is 1. The van der Waals surface area contributed by atoms with Crippen LogP contribution in [0.25, 0.3) is 0 Å². The van der Waals surface area contributed by atoms with Gasteiger partial charge in [0.25, 0.3) is 5.91 Å². The summed E-state index contributed by atoms with van der Waals surface area (Å²) in [5.74, 6) is -0.266. The van der Waals surface area contributed by atoms with Gasteiger partial charge in [0.1, 0.15) is 5.70 Å². The minimum absolute atomic E-state index is 0.176. The molecule has 0 spiro atoms. The number of benzene rings is 2. The Hall–Kier alpha value is -2.11. The lowest BCUT2D eigenvalue weighted by Crippen LogP contribution is -2.27. The molecule has 1 amide bonds. The second-order valence-corrected chi connectivity index (χ2v) is 6.34. The third-order valence-corrected chi connectivity index (χ3v) is 4.44. The summed E-state index contributed by atoms with van der Waals surface area (Å²) >= 11 is 9.81. The molecule has 0 unspecified atom stereocenters. The number of amides is 1. The van der Waals surface area contributed by atoms with Crippen molar-refractivity contribution in [3.8, 4) is 0 Å². The molecular weight excluding hydrogens is 378 g/mol. The van der Waals surface area contributed by atoms with Crippen LogP contribution in [0.3, 0.4) is 0 Å². The van der Waals surface area contributed by atoms with Crippen molar-refractivity contribution in [1.29, 1.82) is 0 Å². The van der Waals surface area contributed by atoms with Gasteiger partial charge >= 0.3 is 0 Å². The Morgan fingerprint density at radius 2 is 1.96 bits per heavy atom. The van der Waals surface area contributed by atoms with E-state index in [4.69, 9.17) is 17.3 Å². The van der Waals surface area contributed by atoms with Crippen LogP contribution in [-0.2, 0) is 4.79 Å². The molecule has 116 valence electrons. The van der Waals surface area contributed by atoms with Crippen LogP contribution < -0.4 is 10.6 Å². The highest BCUT2D eigenvalue weighted by Gasteiger charge is 2.26. The minimum atomic E-state index is -0.266. The van der Waals surface area contributed by atoms with Gasteiger partial charge in [0.15, 0.2) is 0 Å². The van der Waals surface area contributed by atoms with Gasteiger partial charge in [0.2, 0.25) is 0 Å². The predicted molar refractivity (Wildman–Crippen MR) is 96.9 cm³/mol. The summed E-state index contributed by atoms with van der Waals surface area (Å²) in [5.41, 5.74) is 8.69. The van der Waals surface area contributed by atoms with Crippen LogP contribution in [0, 0.1) is 0 Å². The van der Waals surface area contributed by atoms with E-state index in [2.05, 4.69) is 20.9 Å². The molecule has 0 aromatic heterocycles. The van der Waals surface area contributed by atoms with Crippen molar-refractivity contribution < 1.29 is 4.79 Å². The molecule has 2 aromatic rings. The molecule has 1 heterocycles. The van der Waals surface area contributed by atoms with Crippen molar-refractivity contribution in [2.75, 3.05) is 11.9 Å². The maximum absolute atomic E-state index is 12.5. The maximum Gasteiger partial charge on any atom is 0.278 e. The van der Waals surface area contributed by atoms with Crippen molar-refractivity contribution in [2.24, 2.45) is 10.7 Å².